The van der Waals surface area contributed by atoms with Gasteiger partial charge in [0.25, 0.3) is 0 Å². The van der Waals surface area contributed by atoms with Crippen molar-refractivity contribution in [2.24, 2.45) is 11.3 Å². The summed E-state index contributed by atoms with van der Waals surface area (Å²) in [5.74, 6) is -0.459. The lowest BCUT2D eigenvalue weighted by Crippen LogP contribution is -2.36. The maximum absolute atomic E-state index is 11.5. The van der Waals surface area contributed by atoms with Crippen molar-refractivity contribution < 1.29 is 14.7 Å². The van der Waals surface area contributed by atoms with Crippen LogP contribution < -0.4 is 10.6 Å². The van der Waals surface area contributed by atoms with Crippen LogP contribution in [0.1, 0.15) is 53.4 Å². The van der Waals surface area contributed by atoms with E-state index in [1.54, 1.807) is 0 Å². The van der Waals surface area contributed by atoms with Gasteiger partial charge in [-0.2, -0.15) is 0 Å². The van der Waals surface area contributed by atoms with Gasteiger partial charge in [-0.15, -0.1) is 0 Å². The number of hydrogen-bond acceptors (Lipinski definition) is 3. The molecule has 20 heavy (non-hydrogen) atoms. The van der Waals surface area contributed by atoms with Crippen molar-refractivity contribution in [1.82, 2.24) is 10.6 Å². The molecule has 0 aliphatic rings. The van der Waals surface area contributed by atoms with Gasteiger partial charge in [0.1, 0.15) is 0 Å². The zero-order valence-corrected chi connectivity index (χ0v) is 13.3. The molecular formula is C15H30N2O3. The van der Waals surface area contributed by atoms with E-state index in [-0.39, 0.29) is 17.7 Å². The van der Waals surface area contributed by atoms with Crippen molar-refractivity contribution in [3.05, 3.63) is 0 Å². The second kappa shape index (κ2) is 9.75. The van der Waals surface area contributed by atoms with Gasteiger partial charge in [-0.25, -0.2) is 0 Å². The number of carboxylic acids is 1. The lowest BCUT2D eigenvalue weighted by molar-refractivity contribution is -0.137. The van der Waals surface area contributed by atoms with Gasteiger partial charge in [0.2, 0.25) is 5.91 Å². The molecule has 5 heteroatoms. The standard InChI is InChI=1S/C15H30N2O3/c1-5-9-16-11-13(18)17-10-8-12(15(2,3)4)6-7-14(19)20/h12,16H,5-11H2,1-4H3,(H,17,18)(H,19,20). The Hall–Kier alpha value is -1.10. The van der Waals surface area contributed by atoms with Crippen molar-refractivity contribution in [3.63, 3.8) is 0 Å². The van der Waals surface area contributed by atoms with Gasteiger partial charge >= 0.3 is 5.97 Å². The molecule has 5 nitrogen and oxygen atoms in total. The normalized spacial score (nSPS) is 13.0. The van der Waals surface area contributed by atoms with E-state index in [0.29, 0.717) is 25.4 Å². The van der Waals surface area contributed by atoms with Gasteiger partial charge in [0, 0.05) is 13.0 Å². The largest absolute Gasteiger partial charge is 0.481 e. The highest BCUT2D eigenvalue weighted by Gasteiger charge is 2.24. The van der Waals surface area contributed by atoms with Crippen LogP contribution in [0.4, 0.5) is 0 Å². The van der Waals surface area contributed by atoms with Crippen molar-refractivity contribution in [3.8, 4) is 0 Å². The molecular weight excluding hydrogens is 256 g/mol. The second-order valence-corrected chi connectivity index (χ2v) is 6.31. The van der Waals surface area contributed by atoms with E-state index in [1.807, 2.05) is 0 Å². The predicted molar refractivity (Wildman–Crippen MR) is 80.6 cm³/mol. The van der Waals surface area contributed by atoms with E-state index >= 15 is 0 Å². The fourth-order valence-corrected chi connectivity index (χ4v) is 2.14. The quantitative estimate of drug-likeness (QED) is 0.537. The number of carbonyl (C=O) groups is 2. The Morgan fingerprint density at radius 1 is 1.15 bits per heavy atom. The molecule has 0 aliphatic heterocycles. The maximum Gasteiger partial charge on any atom is 0.303 e. The Labute approximate surface area is 122 Å². The molecule has 0 aliphatic carbocycles. The molecule has 1 atom stereocenters. The van der Waals surface area contributed by atoms with E-state index in [1.165, 1.54) is 0 Å². The van der Waals surface area contributed by atoms with Gasteiger partial charge in [-0.1, -0.05) is 27.7 Å². The van der Waals surface area contributed by atoms with E-state index in [0.717, 1.165) is 19.4 Å². The van der Waals surface area contributed by atoms with Crippen LogP contribution in [0, 0.1) is 11.3 Å². The Bertz CT molecular complexity index is 298. The lowest BCUT2D eigenvalue weighted by atomic mass is 9.76. The minimum Gasteiger partial charge on any atom is -0.481 e. The average molecular weight is 286 g/mol. The summed E-state index contributed by atoms with van der Waals surface area (Å²) in [6, 6.07) is 0. The Morgan fingerprint density at radius 2 is 1.80 bits per heavy atom. The van der Waals surface area contributed by atoms with Gasteiger partial charge in [0.05, 0.1) is 6.54 Å². The molecule has 0 aromatic heterocycles. The summed E-state index contributed by atoms with van der Waals surface area (Å²) in [6.45, 7) is 10.2. The van der Waals surface area contributed by atoms with E-state index in [2.05, 4.69) is 38.3 Å². The Balaban J connectivity index is 4.01. The van der Waals surface area contributed by atoms with Crippen molar-refractivity contribution in [2.75, 3.05) is 19.6 Å². The molecule has 0 spiro atoms. The Morgan fingerprint density at radius 3 is 2.30 bits per heavy atom. The summed E-state index contributed by atoms with van der Waals surface area (Å²) >= 11 is 0. The fraction of sp³-hybridized carbons (Fsp3) is 0.867. The minimum absolute atomic E-state index is 0.00402. The molecule has 1 amide bonds. The molecule has 1 unspecified atom stereocenters. The van der Waals surface area contributed by atoms with E-state index < -0.39 is 5.97 Å². The first-order valence-electron chi connectivity index (χ1n) is 7.46. The van der Waals surface area contributed by atoms with Crippen LogP contribution in [0.15, 0.2) is 0 Å². The number of amides is 1. The summed E-state index contributed by atoms with van der Waals surface area (Å²) in [5.41, 5.74) is 0.0562. The van der Waals surface area contributed by atoms with Gasteiger partial charge in [0.15, 0.2) is 0 Å². The first-order chi connectivity index (χ1) is 9.27. The highest BCUT2D eigenvalue weighted by Crippen LogP contribution is 2.32. The van der Waals surface area contributed by atoms with E-state index in [9.17, 15) is 9.59 Å². The minimum atomic E-state index is -0.757. The summed E-state index contributed by atoms with van der Waals surface area (Å²) < 4.78 is 0. The monoisotopic (exact) mass is 286 g/mol. The summed E-state index contributed by atoms with van der Waals surface area (Å²) in [5, 5.41) is 14.7. The van der Waals surface area contributed by atoms with Crippen LogP contribution in [0.5, 0.6) is 0 Å². The molecule has 118 valence electrons. The second-order valence-electron chi connectivity index (χ2n) is 6.31. The summed E-state index contributed by atoms with van der Waals surface area (Å²) in [6.07, 6.45) is 2.67. The molecule has 0 heterocycles. The molecule has 0 radical (unpaired) electrons. The molecule has 0 aromatic carbocycles. The van der Waals surface area contributed by atoms with Crippen LogP contribution >= 0.6 is 0 Å². The van der Waals surface area contributed by atoms with Gasteiger partial charge in [-0.3, -0.25) is 9.59 Å². The predicted octanol–water partition coefficient (Wildman–Crippen LogP) is 2.02. The lowest BCUT2D eigenvalue weighted by Gasteiger charge is -2.30. The first kappa shape index (κ1) is 18.9. The molecule has 0 bridgehead atoms. The number of hydrogen-bond donors (Lipinski definition) is 3. The van der Waals surface area contributed by atoms with Gasteiger partial charge < -0.3 is 15.7 Å². The van der Waals surface area contributed by atoms with Crippen molar-refractivity contribution in [1.29, 1.82) is 0 Å². The van der Waals surface area contributed by atoms with Crippen LogP contribution in [0.25, 0.3) is 0 Å². The number of aliphatic carboxylic acids is 1. The molecule has 0 aromatic rings. The summed E-state index contributed by atoms with van der Waals surface area (Å²) in [4.78, 5) is 22.2. The highest BCUT2D eigenvalue weighted by atomic mass is 16.4. The van der Waals surface area contributed by atoms with Crippen LogP contribution in [-0.4, -0.2) is 36.6 Å². The van der Waals surface area contributed by atoms with Crippen molar-refractivity contribution in [2.45, 2.75) is 53.4 Å². The topological polar surface area (TPSA) is 78.4 Å². The maximum atomic E-state index is 11.5. The van der Waals surface area contributed by atoms with Crippen LogP contribution in [0.3, 0.4) is 0 Å². The fourth-order valence-electron chi connectivity index (χ4n) is 2.14. The van der Waals surface area contributed by atoms with Crippen molar-refractivity contribution >= 4 is 11.9 Å². The molecule has 3 N–H and O–H groups in total. The first-order valence-corrected chi connectivity index (χ1v) is 7.46. The number of nitrogens with one attached hydrogen (secondary N) is 2. The van der Waals surface area contributed by atoms with Crippen LogP contribution in [0.2, 0.25) is 0 Å². The zero-order chi connectivity index (χ0) is 15.6. The van der Waals surface area contributed by atoms with Gasteiger partial charge in [-0.05, 0) is 37.1 Å². The van der Waals surface area contributed by atoms with Crippen LogP contribution in [-0.2, 0) is 9.59 Å². The third-order valence-corrected chi connectivity index (χ3v) is 3.46. The third kappa shape index (κ3) is 9.78. The third-order valence-electron chi connectivity index (χ3n) is 3.46. The number of carbonyl (C=O) groups excluding carboxylic acids is 1. The zero-order valence-electron chi connectivity index (χ0n) is 13.3. The number of rotatable bonds is 10. The SMILES string of the molecule is CCCNCC(=O)NCCC(CCC(=O)O)C(C)(C)C. The molecule has 0 fully saturated rings. The highest BCUT2D eigenvalue weighted by molar-refractivity contribution is 5.77. The number of carboxylic acid groups (broad SMARTS) is 1. The molecule has 0 rings (SSSR count). The smallest absolute Gasteiger partial charge is 0.303 e. The summed E-state index contributed by atoms with van der Waals surface area (Å²) in [7, 11) is 0. The Kier molecular flexibility index (Phi) is 9.21. The molecule has 0 saturated carbocycles. The molecule has 0 saturated heterocycles. The van der Waals surface area contributed by atoms with E-state index in [4.69, 9.17) is 5.11 Å². The average Bonchev–Trinajstić information content (AvgIpc) is 2.31.